The third kappa shape index (κ3) is 2.08. The van der Waals surface area contributed by atoms with Crippen LogP contribution in [-0.2, 0) is 0 Å². The molecule has 0 aromatic heterocycles. The molecule has 0 aromatic rings. The van der Waals surface area contributed by atoms with E-state index in [1.54, 1.807) is 0 Å². The molecule has 6 unspecified atom stereocenters. The van der Waals surface area contributed by atoms with Crippen LogP contribution in [0.1, 0.15) is 52.9 Å². The number of fused-ring (bicyclic) bond motifs is 1. The van der Waals surface area contributed by atoms with Gasteiger partial charge >= 0.3 is 0 Å². The molecule has 6 atom stereocenters. The van der Waals surface area contributed by atoms with Crippen LogP contribution in [0, 0.1) is 29.6 Å². The summed E-state index contributed by atoms with van der Waals surface area (Å²) in [5.41, 5.74) is 0. The first-order chi connectivity index (χ1) is 7.13. The molecule has 1 N–H and O–H groups in total. The van der Waals surface area contributed by atoms with Crippen molar-refractivity contribution >= 4 is 0 Å². The van der Waals surface area contributed by atoms with Gasteiger partial charge in [0.05, 0.1) is 6.10 Å². The highest BCUT2D eigenvalue weighted by Gasteiger charge is 2.43. The number of hydrogen-bond donors (Lipinski definition) is 1. The molecular formula is C14H26O. The molecule has 15 heavy (non-hydrogen) atoms. The van der Waals surface area contributed by atoms with Gasteiger partial charge in [0.1, 0.15) is 0 Å². The fraction of sp³-hybridized carbons (Fsp3) is 1.00. The molecule has 1 heteroatoms. The van der Waals surface area contributed by atoms with Gasteiger partial charge in [-0.25, -0.2) is 0 Å². The maximum Gasteiger partial charge on any atom is 0.0573 e. The Morgan fingerprint density at radius 3 is 2.53 bits per heavy atom. The Morgan fingerprint density at radius 1 is 1.13 bits per heavy atom. The smallest absolute Gasteiger partial charge is 0.0573 e. The lowest BCUT2D eigenvalue weighted by Crippen LogP contribution is -2.45. The van der Waals surface area contributed by atoms with Crippen molar-refractivity contribution in [1.82, 2.24) is 0 Å². The zero-order valence-electron chi connectivity index (χ0n) is 10.4. The van der Waals surface area contributed by atoms with Gasteiger partial charge in [0.25, 0.3) is 0 Å². The topological polar surface area (TPSA) is 20.2 Å². The van der Waals surface area contributed by atoms with E-state index < -0.39 is 0 Å². The standard InChI is InChI=1S/C14H26O/c1-4-11-5-6-13(15)14-10(3)7-9(2)8-12(11)14/h9-15H,4-8H2,1-3H3. The number of aliphatic hydroxyl groups is 1. The summed E-state index contributed by atoms with van der Waals surface area (Å²) in [7, 11) is 0. The van der Waals surface area contributed by atoms with E-state index in [9.17, 15) is 5.11 Å². The van der Waals surface area contributed by atoms with Crippen molar-refractivity contribution in [3.05, 3.63) is 0 Å². The Hall–Kier alpha value is -0.0400. The lowest BCUT2D eigenvalue weighted by atomic mass is 9.58. The molecule has 2 aliphatic carbocycles. The fourth-order valence-electron chi connectivity index (χ4n) is 4.40. The normalized spacial score (nSPS) is 51.2. The Kier molecular flexibility index (Phi) is 3.39. The minimum absolute atomic E-state index is 0.000278. The molecule has 2 rings (SSSR count). The van der Waals surface area contributed by atoms with Gasteiger partial charge in [-0.05, 0) is 55.3 Å². The van der Waals surface area contributed by atoms with Crippen LogP contribution in [0.15, 0.2) is 0 Å². The van der Waals surface area contributed by atoms with Crippen molar-refractivity contribution in [3.8, 4) is 0 Å². The van der Waals surface area contributed by atoms with Crippen LogP contribution in [0.2, 0.25) is 0 Å². The molecule has 2 aliphatic rings. The highest BCUT2D eigenvalue weighted by molar-refractivity contribution is 4.93. The summed E-state index contributed by atoms with van der Waals surface area (Å²) >= 11 is 0. The van der Waals surface area contributed by atoms with E-state index in [4.69, 9.17) is 0 Å². The van der Waals surface area contributed by atoms with Gasteiger partial charge in [-0.2, -0.15) is 0 Å². The van der Waals surface area contributed by atoms with Crippen LogP contribution in [0.5, 0.6) is 0 Å². The Balaban J connectivity index is 2.15. The largest absolute Gasteiger partial charge is 0.393 e. The van der Waals surface area contributed by atoms with Crippen molar-refractivity contribution in [1.29, 1.82) is 0 Å². The zero-order valence-corrected chi connectivity index (χ0v) is 10.4. The minimum atomic E-state index is 0.000278. The van der Waals surface area contributed by atoms with Crippen molar-refractivity contribution in [3.63, 3.8) is 0 Å². The van der Waals surface area contributed by atoms with E-state index in [-0.39, 0.29) is 6.10 Å². The number of hydrogen-bond acceptors (Lipinski definition) is 1. The van der Waals surface area contributed by atoms with Crippen molar-refractivity contribution in [2.45, 2.75) is 59.0 Å². The molecule has 0 amide bonds. The average molecular weight is 210 g/mol. The molecular weight excluding hydrogens is 184 g/mol. The molecule has 88 valence electrons. The van der Waals surface area contributed by atoms with E-state index in [0.717, 1.165) is 30.1 Å². The number of aliphatic hydroxyl groups excluding tert-OH is 1. The Morgan fingerprint density at radius 2 is 1.87 bits per heavy atom. The van der Waals surface area contributed by atoms with Gasteiger partial charge in [0.2, 0.25) is 0 Å². The second-order valence-electron chi connectivity index (χ2n) is 6.11. The first-order valence-electron chi connectivity index (χ1n) is 6.81. The highest BCUT2D eigenvalue weighted by atomic mass is 16.3. The van der Waals surface area contributed by atoms with Gasteiger partial charge in [-0.1, -0.05) is 27.2 Å². The molecule has 0 radical (unpaired) electrons. The molecule has 0 aromatic carbocycles. The maximum absolute atomic E-state index is 10.2. The third-order valence-electron chi connectivity index (χ3n) is 5.01. The quantitative estimate of drug-likeness (QED) is 0.702. The van der Waals surface area contributed by atoms with Gasteiger partial charge in [-0.15, -0.1) is 0 Å². The van der Waals surface area contributed by atoms with Crippen LogP contribution in [0.4, 0.5) is 0 Å². The molecule has 1 nitrogen and oxygen atoms in total. The van der Waals surface area contributed by atoms with E-state index >= 15 is 0 Å². The minimum Gasteiger partial charge on any atom is -0.393 e. The third-order valence-corrected chi connectivity index (χ3v) is 5.01. The lowest BCUT2D eigenvalue weighted by Gasteiger charge is -2.49. The van der Waals surface area contributed by atoms with Gasteiger partial charge in [-0.3, -0.25) is 0 Å². The van der Waals surface area contributed by atoms with E-state index in [1.807, 2.05) is 0 Å². The van der Waals surface area contributed by atoms with E-state index in [0.29, 0.717) is 5.92 Å². The second kappa shape index (κ2) is 4.45. The lowest BCUT2D eigenvalue weighted by molar-refractivity contribution is -0.0597. The van der Waals surface area contributed by atoms with Crippen molar-refractivity contribution in [2.24, 2.45) is 29.6 Å². The summed E-state index contributed by atoms with van der Waals surface area (Å²) in [6.07, 6.45) is 6.32. The molecule has 0 saturated heterocycles. The molecule has 0 spiro atoms. The Labute approximate surface area is 94.3 Å². The summed E-state index contributed by atoms with van der Waals surface area (Å²) in [5, 5.41) is 10.2. The van der Waals surface area contributed by atoms with Crippen molar-refractivity contribution < 1.29 is 5.11 Å². The molecule has 2 saturated carbocycles. The summed E-state index contributed by atoms with van der Waals surface area (Å²) in [4.78, 5) is 0. The Bertz CT molecular complexity index is 213. The zero-order chi connectivity index (χ0) is 11.0. The summed E-state index contributed by atoms with van der Waals surface area (Å²) in [6, 6.07) is 0. The first kappa shape index (κ1) is 11.4. The summed E-state index contributed by atoms with van der Waals surface area (Å²) < 4.78 is 0. The maximum atomic E-state index is 10.2. The molecule has 0 aliphatic heterocycles. The molecule has 2 fully saturated rings. The van der Waals surface area contributed by atoms with E-state index in [2.05, 4.69) is 20.8 Å². The average Bonchev–Trinajstić information content (AvgIpc) is 2.17. The van der Waals surface area contributed by atoms with Gasteiger partial charge in [0, 0.05) is 0 Å². The molecule has 0 heterocycles. The summed E-state index contributed by atoms with van der Waals surface area (Å²) in [5.74, 6) is 3.93. The van der Waals surface area contributed by atoms with Crippen LogP contribution >= 0.6 is 0 Å². The first-order valence-corrected chi connectivity index (χ1v) is 6.81. The van der Waals surface area contributed by atoms with Crippen LogP contribution in [0.25, 0.3) is 0 Å². The van der Waals surface area contributed by atoms with Gasteiger partial charge < -0.3 is 5.11 Å². The SMILES string of the molecule is CCC1CCC(O)C2C(C)CC(C)CC12. The van der Waals surface area contributed by atoms with Crippen LogP contribution < -0.4 is 0 Å². The fourth-order valence-corrected chi connectivity index (χ4v) is 4.40. The van der Waals surface area contributed by atoms with Crippen molar-refractivity contribution in [2.75, 3.05) is 0 Å². The van der Waals surface area contributed by atoms with Gasteiger partial charge in [0.15, 0.2) is 0 Å². The molecule has 0 bridgehead atoms. The highest BCUT2D eigenvalue weighted by Crippen LogP contribution is 2.49. The number of rotatable bonds is 1. The van der Waals surface area contributed by atoms with Crippen LogP contribution in [0.3, 0.4) is 0 Å². The predicted octanol–water partition coefficient (Wildman–Crippen LogP) is 3.47. The van der Waals surface area contributed by atoms with E-state index in [1.165, 1.54) is 25.7 Å². The monoisotopic (exact) mass is 210 g/mol. The second-order valence-corrected chi connectivity index (χ2v) is 6.11. The predicted molar refractivity (Wildman–Crippen MR) is 63.6 cm³/mol. The summed E-state index contributed by atoms with van der Waals surface area (Å²) in [6.45, 7) is 7.07. The van der Waals surface area contributed by atoms with Crippen LogP contribution in [-0.4, -0.2) is 11.2 Å².